The Labute approximate surface area is 162 Å². The van der Waals surface area contributed by atoms with Crippen LogP contribution in [0.1, 0.15) is 36.0 Å². The van der Waals surface area contributed by atoms with E-state index in [0.29, 0.717) is 30.7 Å². The van der Waals surface area contributed by atoms with Crippen LogP contribution in [0.15, 0.2) is 24.8 Å². The number of likely N-dealkylation sites (tertiary alicyclic amines) is 1. The zero-order chi connectivity index (χ0) is 19.7. The maximum absolute atomic E-state index is 12.8. The predicted octanol–water partition coefficient (Wildman–Crippen LogP) is 1.22. The number of carbonyl (C=O) groups is 2. The third-order valence-electron chi connectivity index (χ3n) is 7.09. The summed E-state index contributed by atoms with van der Waals surface area (Å²) in [7, 11) is 0. The van der Waals surface area contributed by atoms with Gasteiger partial charge in [0, 0.05) is 24.1 Å². The molecular formula is C21H23NO6. The number of aliphatic hydroxyl groups is 2. The average molecular weight is 385 g/mol. The molecule has 1 amide bonds. The average Bonchev–Trinajstić information content (AvgIpc) is 3.04. The second-order valence-corrected chi connectivity index (χ2v) is 8.13. The van der Waals surface area contributed by atoms with Gasteiger partial charge in [-0.25, -0.2) is 4.79 Å². The highest BCUT2D eigenvalue weighted by Crippen LogP contribution is 2.63. The monoisotopic (exact) mass is 385 g/mol. The molecular weight excluding hydrogens is 362 g/mol. The molecule has 1 saturated carbocycles. The standard InChI is InChI=1S/C21H23NO6/c1-2-9-27-19(25)22-8-7-20-16-12-3-4-13(11-23)17(16)28-18(20)14(24)5-6-21(20,26)15(22)10-12/h2-4,15,18,23,26H,1,5-11H2/t15-,18+,20+,21-/m1/s1. The van der Waals surface area contributed by atoms with E-state index >= 15 is 0 Å². The molecule has 1 aromatic carbocycles. The lowest BCUT2D eigenvalue weighted by molar-refractivity contribution is -0.183. The Morgan fingerprint density at radius 1 is 1.43 bits per heavy atom. The number of Topliss-reactive ketones (excluding diaryl/α,β-unsaturated/α-hetero) is 1. The van der Waals surface area contributed by atoms with Crippen molar-refractivity contribution >= 4 is 11.9 Å². The quantitative estimate of drug-likeness (QED) is 0.760. The Bertz CT molecular complexity index is 897. The van der Waals surface area contributed by atoms with Crippen LogP contribution in [0.5, 0.6) is 5.75 Å². The van der Waals surface area contributed by atoms with Crippen LogP contribution >= 0.6 is 0 Å². The summed E-state index contributed by atoms with van der Waals surface area (Å²) >= 11 is 0. The molecule has 7 heteroatoms. The first-order valence-electron chi connectivity index (χ1n) is 9.70. The first-order valence-corrected chi connectivity index (χ1v) is 9.70. The van der Waals surface area contributed by atoms with Crippen LogP contribution in [0.25, 0.3) is 0 Å². The highest BCUT2D eigenvalue weighted by Gasteiger charge is 2.73. The number of hydrogen-bond donors (Lipinski definition) is 2. The van der Waals surface area contributed by atoms with Crippen molar-refractivity contribution in [1.82, 2.24) is 4.90 Å². The molecule has 2 heterocycles. The van der Waals surface area contributed by atoms with Gasteiger partial charge < -0.3 is 24.6 Å². The lowest BCUT2D eigenvalue weighted by atomic mass is 9.49. The van der Waals surface area contributed by atoms with E-state index in [1.54, 1.807) is 11.0 Å². The molecule has 2 bridgehead atoms. The Morgan fingerprint density at radius 2 is 2.25 bits per heavy atom. The summed E-state index contributed by atoms with van der Waals surface area (Å²) in [5, 5.41) is 21.7. The van der Waals surface area contributed by atoms with Crippen molar-refractivity contribution in [3.8, 4) is 5.75 Å². The summed E-state index contributed by atoms with van der Waals surface area (Å²) in [6.07, 6.45) is 1.61. The van der Waals surface area contributed by atoms with E-state index in [-0.39, 0.29) is 31.8 Å². The van der Waals surface area contributed by atoms with Gasteiger partial charge in [0.05, 0.1) is 23.7 Å². The molecule has 0 radical (unpaired) electrons. The van der Waals surface area contributed by atoms with Crippen molar-refractivity contribution in [2.24, 2.45) is 0 Å². The van der Waals surface area contributed by atoms with Crippen molar-refractivity contribution < 1.29 is 29.3 Å². The minimum absolute atomic E-state index is 0.0287. The van der Waals surface area contributed by atoms with Crippen LogP contribution in [-0.4, -0.2) is 57.9 Å². The zero-order valence-electron chi connectivity index (χ0n) is 15.5. The summed E-state index contributed by atoms with van der Waals surface area (Å²) < 4.78 is 11.4. The fourth-order valence-corrected chi connectivity index (χ4v) is 5.95. The van der Waals surface area contributed by atoms with E-state index in [0.717, 1.165) is 11.1 Å². The third-order valence-corrected chi connectivity index (χ3v) is 7.09. The normalized spacial score (nSPS) is 34.5. The Kier molecular flexibility index (Phi) is 3.67. The predicted molar refractivity (Wildman–Crippen MR) is 98.0 cm³/mol. The molecule has 4 atom stereocenters. The second kappa shape index (κ2) is 5.81. The van der Waals surface area contributed by atoms with E-state index in [1.807, 2.05) is 6.07 Å². The van der Waals surface area contributed by atoms with Crippen molar-refractivity contribution in [2.45, 2.75) is 55.5 Å². The smallest absolute Gasteiger partial charge is 0.410 e. The van der Waals surface area contributed by atoms with Gasteiger partial charge in [-0.15, -0.1) is 0 Å². The number of ether oxygens (including phenoxy) is 2. The highest BCUT2D eigenvalue weighted by molar-refractivity contribution is 5.90. The molecule has 2 aliphatic heterocycles. The lowest BCUT2D eigenvalue weighted by Gasteiger charge is -2.61. The van der Waals surface area contributed by atoms with Crippen molar-refractivity contribution in [1.29, 1.82) is 0 Å². The largest absolute Gasteiger partial charge is 0.481 e. The first kappa shape index (κ1) is 17.7. The number of hydrogen-bond acceptors (Lipinski definition) is 6. The van der Waals surface area contributed by atoms with Crippen LogP contribution in [0.4, 0.5) is 4.79 Å². The summed E-state index contributed by atoms with van der Waals surface area (Å²) in [5.74, 6) is 0.513. The summed E-state index contributed by atoms with van der Waals surface area (Å²) in [4.78, 5) is 27.1. The van der Waals surface area contributed by atoms with Gasteiger partial charge in [0.2, 0.25) is 0 Å². The summed E-state index contributed by atoms with van der Waals surface area (Å²) in [6.45, 7) is 3.86. The third kappa shape index (κ3) is 1.91. The van der Waals surface area contributed by atoms with Crippen LogP contribution < -0.4 is 4.74 Å². The molecule has 148 valence electrons. The number of nitrogens with zero attached hydrogens (tertiary/aromatic N) is 1. The maximum Gasteiger partial charge on any atom is 0.410 e. The lowest BCUT2D eigenvalue weighted by Crippen LogP contribution is -2.77. The second-order valence-electron chi connectivity index (χ2n) is 8.13. The number of aliphatic hydroxyl groups excluding tert-OH is 1. The number of amides is 1. The number of piperidine rings is 1. The van der Waals surface area contributed by atoms with Gasteiger partial charge >= 0.3 is 6.09 Å². The summed E-state index contributed by atoms with van der Waals surface area (Å²) in [6, 6.07) is 3.23. The summed E-state index contributed by atoms with van der Waals surface area (Å²) in [5.41, 5.74) is 0.291. The van der Waals surface area contributed by atoms with Gasteiger partial charge in [0.1, 0.15) is 12.4 Å². The molecule has 0 unspecified atom stereocenters. The molecule has 2 N–H and O–H groups in total. The van der Waals surface area contributed by atoms with E-state index in [2.05, 4.69) is 6.58 Å². The van der Waals surface area contributed by atoms with Crippen LogP contribution in [-0.2, 0) is 28.0 Å². The van der Waals surface area contributed by atoms with Crippen molar-refractivity contribution in [3.63, 3.8) is 0 Å². The Hall–Kier alpha value is -2.38. The van der Waals surface area contributed by atoms with E-state index in [1.165, 1.54) is 6.08 Å². The minimum atomic E-state index is -1.27. The molecule has 0 aromatic heterocycles. The van der Waals surface area contributed by atoms with Crippen molar-refractivity contribution in [2.75, 3.05) is 13.2 Å². The fraction of sp³-hybridized carbons (Fsp3) is 0.524. The Balaban J connectivity index is 1.68. The van der Waals surface area contributed by atoms with Gasteiger partial charge in [0.15, 0.2) is 11.9 Å². The van der Waals surface area contributed by atoms with Crippen LogP contribution in [0.2, 0.25) is 0 Å². The molecule has 2 aliphatic carbocycles. The number of ketones is 1. The SMILES string of the molecule is C=CCOC(=O)N1CC[C@]23c4c5ccc(CO)c4O[C@H]2C(=O)CC[C@@]3(O)[C@H]1C5. The van der Waals surface area contributed by atoms with Gasteiger partial charge in [-0.2, -0.15) is 0 Å². The number of benzene rings is 1. The first-order chi connectivity index (χ1) is 13.5. The van der Waals surface area contributed by atoms with E-state index < -0.39 is 29.3 Å². The highest BCUT2D eigenvalue weighted by atomic mass is 16.6. The fourth-order valence-electron chi connectivity index (χ4n) is 5.95. The van der Waals surface area contributed by atoms with Gasteiger partial charge in [-0.05, 0) is 24.8 Å². The molecule has 1 saturated heterocycles. The van der Waals surface area contributed by atoms with E-state index in [9.17, 15) is 19.8 Å². The molecule has 1 aromatic rings. The van der Waals surface area contributed by atoms with Gasteiger partial charge in [-0.3, -0.25) is 4.79 Å². The molecule has 7 nitrogen and oxygen atoms in total. The van der Waals surface area contributed by atoms with Gasteiger partial charge in [0.25, 0.3) is 0 Å². The number of carbonyl (C=O) groups excluding carboxylic acids is 2. The number of rotatable bonds is 3. The zero-order valence-corrected chi connectivity index (χ0v) is 15.5. The van der Waals surface area contributed by atoms with E-state index in [4.69, 9.17) is 9.47 Å². The molecule has 28 heavy (non-hydrogen) atoms. The van der Waals surface area contributed by atoms with Crippen molar-refractivity contribution in [3.05, 3.63) is 41.5 Å². The molecule has 1 spiro atoms. The van der Waals surface area contributed by atoms with Gasteiger partial charge in [-0.1, -0.05) is 24.8 Å². The minimum Gasteiger partial charge on any atom is -0.481 e. The molecule has 5 rings (SSSR count). The Morgan fingerprint density at radius 3 is 3.00 bits per heavy atom. The topological polar surface area (TPSA) is 96.3 Å². The molecule has 2 fully saturated rings. The van der Waals surface area contributed by atoms with Crippen LogP contribution in [0, 0.1) is 0 Å². The van der Waals surface area contributed by atoms with Crippen LogP contribution in [0.3, 0.4) is 0 Å². The molecule has 4 aliphatic rings. The maximum atomic E-state index is 12.8.